The number of benzene rings is 1. The number of aryl methyl sites for hydroxylation is 1. The molecule has 0 bridgehead atoms. The minimum absolute atomic E-state index is 0.179. The van der Waals surface area contributed by atoms with Gasteiger partial charge in [0.15, 0.2) is 0 Å². The van der Waals surface area contributed by atoms with Gasteiger partial charge < -0.3 is 4.74 Å². The van der Waals surface area contributed by atoms with E-state index < -0.39 is 10.0 Å². The minimum atomic E-state index is -3.22. The summed E-state index contributed by atoms with van der Waals surface area (Å²) >= 11 is 3.44. The van der Waals surface area contributed by atoms with Gasteiger partial charge >= 0.3 is 0 Å². The molecular weight excluding hydrogens is 402 g/mol. The van der Waals surface area contributed by atoms with Crippen molar-refractivity contribution < 1.29 is 13.2 Å². The van der Waals surface area contributed by atoms with Gasteiger partial charge in [-0.15, -0.1) is 0 Å². The molecule has 0 aromatic heterocycles. The standard InChI is InChI=1S/C19H32BrNO3S/c1-2-3-17-25(22,23)21-19-12-10-18(11-13-19)9-8-16-24-15-7-5-4-6-14-20/h10-13,21H,2-9,14-17H2,1H3. The van der Waals surface area contributed by atoms with Crippen molar-refractivity contribution in [1.82, 2.24) is 0 Å². The van der Waals surface area contributed by atoms with Crippen molar-refractivity contribution in [2.24, 2.45) is 0 Å². The summed E-state index contributed by atoms with van der Waals surface area (Å²) in [7, 11) is -3.22. The molecule has 1 aromatic rings. The van der Waals surface area contributed by atoms with Crippen LogP contribution in [0.1, 0.15) is 57.4 Å². The van der Waals surface area contributed by atoms with Crippen molar-refractivity contribution in [3.63, 3.8) is 0 Å². The minimum Gasteiger partial charge on any atom is -0.381 e. The van der Waals surface area contributed by atoms with E-state index in [1.807, 2.05) is 31.2 Å². The second kappa shape index (κ2) is 13.6. The molecule has 0 spiro atoms. The first kappa shape index (κ1) is 22.5. The molecule has 0 aliphatic heterocycles. The maximum absolute atomic E-state index is 11.9. The molecule has 144 valence electrons. The normalized spacial score (nSPS) is 11.6. The third-order valence-corrected chi connectivity index (χ3v) is 5.85. The van der Waals surface area contributed by atoms with E-state index in [2.05, 4.69) is 20.7 Å². The zero-order valence-electron chi connectivity index (χ0n) is 15.3. The van der Waals surface area contributed by atoms with Gasteiger partial charge in [0, 0.05) is 24.2 Å². The Bertz CT molecular complexity index is 546. The number of rotatable bonds is 15. The quantitative estimate of drug-likeness (QED) is 0.308. The molecule has 1 N–H and O–H groups in total. The summed E-state index contributed by atoms with van der Waals surface area (Å²) in [5.74, 6) is 0.179. The third kappa shape index (κ3) is 11.6. The Morgan fingerprint density at radius 2 is 1.64 bits per heavy atom. The Kier molecular flexibility index (Phi) is 12.2. The molecule has 0 radical (unpaired) electrons. The largest absolute Gasteiger partial charge is 0.381 e. The van der Waals surface area contributed by atoms with E-state index in [1.165, 1.54) is 24.8 Å². The smallest absolute Gasteiger partial charge is 0.232 e. The van der Waals surface area contributed by atoms with Gasteiger partial charge in [0.05, 0.1) is 5.75 Å². The average molecular weight is 434 g/mol. The number of hydrogen-bond donors (Lipinski definition) is 1. The molecule has 1 rings (SSSR count). The molecule has 0 aliphatic carbocycles. The lowest BCUT2D eigenvalue weighted by molar-refractivity contribution is 0.128. The van der Waals surface area contributed by atoms with Gasteiger partial charge in [-0.2, -0.15) is 0 Å². The molecule has 6 heteroatoms. The second-order valence-electron chi connectivity index (χ2n) is 6.29. The van der Waals surface area contributed by atoms with Gasteiger partial charge in [0.2, 0.25) is 10.0 Å². The molecular formula is C19H32BrNO3S. The SMILES string of the molecule is CCCCS(=O)(=O)Nc1ccc(CCCOCCCCCCBr)cc1. The number of sulfonamides is 1. The first-order chi connectivity index (χ1) is 12.1. The lowest BCUT2D eigenvalue weighted by atomic mass is 10.1. The topological polar surface area (TPSA) is 55.4 Å². The van der Waals surface area contributed by atoms with Crippen LogP contribution in [0, 0.1) is 0 Å². The number of anilines is 1. The molecule has 0 unspecified atom stereocenters. The molecule has 0 amide bonds. The first-order valence-corrected chi connectivity index (χ1v) is 12.1. The van der Waals surface area contributed by atoms with Crippen LogP contribution < -0.4 is 4.72 Å². The van der Waals surface area contributed by atoms with Crippen LogP contribution in [0.5, 0.6) is 0 Å². The van der Waals surface area contributed by atoms with Gasteiger partial charge in [0.25, 0.3) is 0 Å². The second-order valence-corrected chi connectivity index (χ2v) is 8.93. The monoisotopic (exact) mass is 433 g/mol. The number of nitrogens with one attached hydrogen (secondary N) is 1. The van der Waals surface area contributed by atoms with Gasteiger partial charge in [-0.3, -0.25) is 4.72 Å². The van der Waals surface area contributed by atoms with Crippen LogP contribution >= 0.6 is 15.9 Å². The molecule has 0 saturated carbocycles. The number of alkyl halides is 1. The van der Waals surface area contributed by atoms with Gasteiger partial charge in [-0.1, -0.05) is 54.2 Å². The molecule has 0 saturated heterocycles. The highest BCUT2D eigenvalue weighted by Gasteiger charge is 2.09. The van der Waals surface area contributed by atoms with Crippen LogP contribution in [0.4, 0.5) is 5.69 Å². The molecule has 25 heavy (non-hydrogen) atoms. The number of unbranched alkanes of at least 4 members (excludes halogenated alkanes) is 4. The zero-order valence-corrected chi connectivity index (χ0v) is 17.7. The van der Waals surface area contributed by atoms with Crippen molar-refractivity contribution in [3.05, 3.63) is 29.8 Å². The van der Waals surface area contributed by atoms with E-state index in [9.17, 15) is 8.42 Å². The summed E-state index contributed by atoms with van der Waals surface area (Å²) in [5.41, 5.74) is 1.84. The van der Waals surface area contributed by atoms with E-state index in [0.29, 0.717) is 12.1 Å². The van der Waals surface area contributed by atoms with Crippen LogP contribution in [-0.4, -0.2) is 32.7 Å². The van der Waals surface area contributed by atoms with Crippen LogP contribution in [-0.2, 0) is 21.2 Å². The lowest BCUT2D eigenvalue weighted by Crippen LogP contribution is -2.16. The van der Waals surface area contributed by atoms with Gasteiger partial charge in [0.1, 0.15) is 0 Å². The fourth-order valence-corrected chi connectivity index (χ4v) is 4.10. The van der Waals surface area contributed by atoms with Gasteiger partial charge in [-0.05, 0) is 49.8 Å². The summed E-state index contributed by atoms with van der Waals surface area (Å²) in [6.07, 6.45) is 8.38. The van der Waals surface area contributed by atoms with Crippen LogP contribution in [0.3, 0.4) is 0 Å². The average Bonchev–Trinajstić information content (AvgIpc) is 2.60. The fourth-order valence-electron chi connectivity index (χ4n) is 2.44. The Hall–Kier alpha value is -0.590. The summed E-state index contributed by atoms with van der Waals surface area (Å²) in [6.45, 7) is 3.61. The highest BCUT2D eigenvalue weighted by molar-refractivity contribution is 9.09. The van der Waals surface area contributed by atoms with Gasteiger partial charge in [-0.25, -0.2) is 8.42 Å². The number of hydrogen-bond acceptors (Lipinski definition) is 3. The molecule has 0 aliphatic rings. The third-order valence-electron chi connectivity index (χ3n) is 3.92. The predicted octanol–water partition coefficient (Wildman–Crippen LogP) is 5.13. The molecule has 0 fully saturated rings. The van der Waals surface area contributed by atoms with Crippen molar-refractivity contribution >= 4 is 31.6 Å². The van der Waals surface area contributed by atoms with Crippen molar-refractivity contribution in [2.75, 3.05) is 29.0 Å². The van der Waals surface area contributed by atoms with Crippen molar-refractivity contribution in [2.45, 2.75) is 58.3 Å². The molecule has 0 atom stereocenters. The molecule has 4 nitrogen and oxygen atoms in total. The van der Waals surface area contributed by atoms with E-state index in [-0.39, 0.29) is 5.75 Å². The van der Waals surface area contributed by atoms with Crippen LogP contribution in [0.2, 0.25) is 0 Å². The van der Waals surface area contributed by atoms with E-state index in [0.717, 1.165) is 44.2 Å². The van der Waals surface area contributed by atoms with E-state index in [4.69, 9.17) is 4.74 Å². The Morgan fingerprint density at radius 3 is 2.32 bits per heavy atom. The Morgan fingerprint density at radius 1 is 0.960 bits per heavy atom. The van der Waals surface area contributed by atoms with E-state index >= 15 is 0 Å². The van der Waals surface area contributed by atoms with E-state index in [1.54, 1.807) is 0 Å². The highest BCUT2D eigenvalue weighted by atomic mass is 79.9. The number of ether oxygens (including phenoxy) is 1. The highest BCUT2D eigenvalue weighted by Crippen LogP contribution is 2.13. The maximum Gasteiger partial charge on any atom is 0.232 e. The maximum atomic E-state index is 11.9. The summed E-state index contributed by atoms with van der Waals surface area (Å²) in [4.78, 5) is 0. The summed E-state index contributed by atoms with van der Waals surface area (Å²) < 4.78 is 32.0. The van der Waals surface area contributed by atoms with Crippen LogP contribution in [0.15, 0.2) is 24.3 Å². The first-order valence-electron chi connectivity index (χ1n) is 9.30. The Labute approximate surface area is 161 Å². The lowest BCUT2D eigenvalue weighted by Gasteiger charge is -2.09. The van der Waals surface area contributed by atoms with Crippen LogP contribution in [0.25, 0.3) is 0 Å². The molecule has 0 heterocycles. The molecule has 1 aromatic carbocycles. The number of halogens is 1. The summed E-state index contributed by atoms with van der Waals surface area (Å²) in [5, 5.41) is 1.09. The predicted molar refractivity (Wildman–Crippen MR) is 110 cm³/mol. The zero-order chi connectivity index (χ0) is 18.4. The van der Waals surface area contributed by atoms with Crippen molar-refractivity contribution in [1.29, 1.82) is 0 Å². The Balaban J connectivity index is 2.18. The fraction of sp³-hybridized carbons (Fsp3) is 0.684. The summed E-state index contributed by atoms with van der Waals surface area (Å²) in [6, 6.07) is 7.64. The van der Waals surface area contributed by atoms with Crippen molar-refractivity contribution in [3.8, 4) is 0 Å².